The Kier molecular flexibility index (Phi) is 21.0. The summed E-state index contributed by atoms with van der Waals surface area (Å²) in [5.74, 6) is -0.222. The average molecular weight is 682 g/mol. The summed E-state index contributed by atoms with van der Waals surface area (Å²) in [7, 11) is 0. The summed E-state index contributed by atoms with van der Waals surface area (Å²) in [6.07, 6.45) is -2.28. The average Bonchev–Trinajstić information content (AvgIpc) is 3.06. The number of ether oxygens (including phenoxy) is 4. The van der Waals surface area contributed by atoms with Gasteiger partial charge in [0.05, 0.1) is 32.0 Å². The van der Waals surface area contributed by atoms with E-state index in [4.69, 9.17) is 18.9 Å². The summed E-state index contributed by atoms with van der Waals surface area (Å²) in [4.78, 5) is 12.8. The van der Waals surface area contributed by atoms with E-state index in [0.29, 0.717) is 12.8 Å². The normalized spacial score (nSPS) is 32.6. The molecule has 0 spiro atoms. The Morgan fingerprint density at radius 2 is 1.21 bits per heavy atom. The van der Waals surface area contributed by atoms with Gasteiger partial charge >= 0.3 is 0 Å². The number of aliphatic hydroxyl groups is 8. The number of rotatable bonds is 24. The molecule has 47 heavy (non-hydrogen) atoms. The minimum absolute atomic E-state index is 0.222. The largest absolute Gasteiger partial charge is 0.394 e. The van der Waals surface area contributed by atoms with Gasteiger partial charge < -0.3 is 65.1 Å². The van der Waals surface area contributed by atoms with Gasteiger partial charge in [0, 0.05) is 6.42 Å². The van der Waals surface area contributed by atoms with Crippen LogP contribution in [-0.2, 0) is 23.7 Å². The highest BCUT2D eigenvalue weighted by Crippen LogP contribution is 2.29. The van der Waals surface area contributed by atoms with Crippen molar-refractivity contribution >= 4 is 5.91 Å². The highest BCUT2D eigenvalue weighted by molar-refractivity contribution is 5.76. The fraction of sp³-hybridized carbons (Fsp3) is 0.970. The number of aliphatic hydroxyl groups excluding tert-OH is 8. The summed E-state index contributed by atoms with van der Waals surface area (Å²) in [6, 6.07) is -0.814. The van der Waals surface area contributed by atoms with Gasteiger partial charge in [-0.15, -0.1) is 0 Å². The maximum absolute atomic E-state index is 12.8. The first-order valence-corrected chi connectivity index (χ1v) is 17.8. The van der Waals surface area contributed by atoms with Crippen molar-refractivity contribution < 1.29 is 64.6 Å². The molecule has 12 unspecified atom stereocenters. The van der Waals surface area contributed by atoms with Crippen LogP contribution in [0.3, 0.4) is 0 Å². The van der Waals surface area contributed by atoms with E-state index in [0.717, 1.165) is 64.2 Å². The third kappa shape index (κ3) is 14.0. The van der Waals surface area contributed by atoms with Gasteiger partial charge in [-0.1, -0.05) is 90.9 Å². The number of hydrogen-bond acceptors (Lipinski definition) is 13. The second-order valence-corrected chi connectivity index (χ2v) is 13.0. The molecule has 12 atom stereocenters. The fourth-order valence-corrected chi connectivity index (χ4v) is 6.00. The molecule has 2 aliphatic heterocycles. The van der Waals surface area contributed by atoms with Crippen LogP contribution < -0.4 is 5.32 Å². The number of carbonyl (C=O) groups is 1. The highest BCUT2D eigenvalue weighted by atomic mass is 16.7. The number of hydrogen-bond donors (Lipinski definition) is 9. The number of carbonyl (C=O) groups excluding carboxylic acids is 1. The van der Waals surface area contributed by atoms with Crippen molar-refractivity contribution in [2.45, 2.75) is 184 Å². The van der Waals surface area contributed by atoms with Crippen LogP contribution in [0, 0.1) is 0 Å². The van der Waals surface area contributed by atoms with E-state index >= 15 is 0 Å². The van der Waals surface area contributed by atoms with E-state index < -0.39 is 86.8 Å². The molecule has 2 rings (SSSR count). The topological polar surface area (TPSA) is 228 Å². The molecule has 14 nitrogen and oxygen atoms in total. The lowest BCUT2D eigenvalue weighted by molar-refractivity contribution is -0.359. The molecule has 2 heterocycles. The molecule has 0 aliphatic carbocycles. The van der Waals surface area contributed by atoms with E-state index in [2.05, 4.69) is 19.2 Å². The van der Waals surface area contributed by atoms with Crippen LogP contribution in [0.15, 0.2) is 0 Å². The van der Waals surface area contributed by atoms with Crippen LogP contribution in [0.5, 0.6) is 0 Å². The molecule has 0 bridgehead atoms. The van der Waals surface area contributed by atoms with E-state index in [1.165, 1.54) is 19.3 Å². The molecule has 2 aliphatic rings. The van der Waals surface area contributed by atoms with Gasteiger partial charge in [-0.3, -0.25) is 4.79 Å². The second-order valence-electron chi connectivity index (χ2n) is 13.0. The van der Waals surface area contributed by atoms with Crippen molar-refractivity contribution in [3.05, 3.63) is 0 Å². The summed E-state index contributed by atoms with van der Waals surface area (Å²) < 4.78 is 22.4. The molecular weight excluding hydrogens is 618 g/mol. The first-order valence-electron chi connectivity index (χ1n) is 17.8. The van der Waals surface area contributed by atoms with E-state index in [1.54, 1.807) is 0 Å². The quantitative estimate of drug-likeness (QED) is 0.0628. The molecule has 9 N–H and O–H groups in total. The van der Waals surface area contributed by atoms with E-state index in [9.17, 15) is 45.6 Å². The lowest BCUT2D eigenvalue weighted by Gasteiger charge is -2.46. The predicted molar refractivity (Wildman–Crippen MR) is 171 cm³/mol. The van der Waals surface area contributed by atoms with Crippen molar-refractivity contribution in [3.8, 4) is 0 Å². The van der Waals surface area contributed by atoms with Crippen molar-refractivity contribution in [1.82, 2.24) is 5.32 Å². The van der Waals surface area contributed by atoms with Crippen LogP contribution in [0.4, 0.5) is 0 Å². The zero-order chi connectivity index (χ0) is 34.8. The molecular formula is C33H63NO13. The van der Waals surface area contributed by atoms with Crippen LogP contribution in [-0.4, -0.2) is 140 Å². The molecule has 278 valence electrons. The maximum Gasteiger partial charge on any atom is 0.220 e. The zero-order valence-electron chi connectivity index (χ0n) is 28.3. The van der Waals surface area contributed by atoms with Gasteiger partial charge in [-0.05, 0) is 12.8 Å². The van der Waals surface area contributed by atoms with Crippen LogP contribution in [0.1, 0.15) is 110 Å². The Morgan fingerprint density at radius 3 is 1.81 bits per heavy atom. The van der Waals surface area contributed by atoms with E-state index in [-0.39, 0.29) is 12.5 Å². The first kappa shape index (κ1) is 42.2. The van der Waals surface area contributed by atoms with Gasteiger partial charge in [0.25, 0.3) is 0 Å². The molecule has 0 aromatic carbocycles. The molecule has 14 heteroatoms. The van der Waals surface area contributed by atoms with Gasteiger partial charge in [-0.2, -0.15) is 0 Å². The minimum atomic E-state index is -1.77. The molecule has 2 fully saturated rings. The summed E-state index contributed by atoms with van der Waals surface area (Å²) in [6.45, 7) is 2.66. The fourth-order valence-electron chi connectivity index (χ4n) is 6.00. The van der Waals surface area contributed by atoms with Crippen LogP contribution in [0.25, 0.3) is 0 Å². The lowest BCUT2D eigenvalue weighted by atomic mass is 9.97. The molecule has 1 amide bonds. The smallest absolute Gasteiger partial charge is 0.220 e. The number of nitrogens with one attached hydrogen (secondary N) is 1. The SMILES string of the molecule is CCCCCCCCCC(=O)NC(COC1OC(CO)C(OC2OC(CO)C(O)C(O)C2O)C(O)C1O)C(O)CCCCCCCC. The first-order chi connectivity index (χ1) is 22.6. The van der Waals surface area contributed by atoms with Crippen LogP contribution >= 0.6 is 0 Å². The third-order valence-corrected chi connectivity index (χ3v) is 9.07. The number of amides is 1. The zero-order valence-corrected chi connectivity index (χ0v) is 28.3. The Balaban J connectivity index is 1.99. The monoisotopic (exact) mass is 681 g/mol. The van der Waals surface area contributed by atoms with Crippen molar-refractivity contribution in [2.75, 3.05) is 19.8 Å². The van der Waals surface area contributed by atoms with Crippen molar-refractivity contribution in [2.24, 2.45) is 0 Å². The molecule has 0 saturated carbocycles. The highest BCUT2D eigenvalue weighted by Gasteiger charge is 2.50. The second kappa shape index (κ2) is 23.4. The standard InChI is InChI=1S/C33H63NO13/c1-3-5-7-9-11-13-15-17-25(38)34-21(22(37)16-14-12-10-8-6-4-2)20-44-32-30(43)28(41)31(24(19-36)46-32)47-33-29(42)27(40)26(39)23(18-35)45-33/h21-24,26-33,35-37,39-43H,3-20H2,1-2H3,(H,34,38). The van der Waals surface area contributed by atoms with E-state index in [1.807, 2.05) is 0 Å². The van der Waals surface area contributed by atoms with Gasteiger partial charge in [0.1, 0.15) is 48.8 Å². The Bertz CT molecular complexity index is 821. The maximum atomic E-state index is 12.8. The Morgan fingerprint density at radius 1 is 0.681 bits per heavy atom. The summed E-state index contributed by atoms with van der Waals surface area (Å²) in [5, 5.41) is 85.6. The molecule has 2 saturated heterocycles. The van der Waals surface area contributed by atoms with Gasteiger partial charge in [-0.25, -0.2) is 0 Å². The molecule has 0 aromatic heterocycles. The molecule has 0 radical (unpaired) electrons. The van der Waals surface area contributed by atoms with Gasteiger partial charge in [0.15, 0.2) is 12.6 Å². The number of unbranched alkanes of at least 4 members (excludes halogenated alkanes) is 11. The molecule has 0 aromatic rings. The lowest BCUT2D eigenvalue weighted by Crippen LogP contribution is -2.65. The summed E-state index contributed by atoms with van der Waals surface area (Å²) in [5.41, 5.74) is 0. The minimum Gasteiger partial charge on any atom is -0.394 e. The van der Waals surface area contributed by atoms with Crippen LogP contribution in [0.2, 0.25) is 0 Å². The van der Waals surface area contributed by atoms with Crippen molar-refractivity contribution in [1.29, 1.82) is 0 Å². The van der Waals surface area contributed by atoms with Crippen molar-refractivity contribution in [3.63, 3.8) is 0 Å². The Labute approximate surface area is 279 Å². The Hall–Kier alpha value is -1.01. The third-order valence-electron chi connectivity index (χ3n) is 9.07. The predicted octanol–water partition coefficient (Wildman–Crippen LogP) is 0.364. The van der Waals surface area contributed by atoms with Gasteiger partial charge in [0.2, 0.25) is 5.91 Å². The summed E-state index contributed by atoms with van der Waals surface area (Å²) >= 11 is 0.